The summed E-state index contributed by atoms with van der Waals surface area (Å²) < 4.78 is 15.7. The third-order valence-electron chi connectivity index (χ3n) is 4.07. The predicted molar refractivity (Wildman–Crippen MR) is 105 cm³/mol. The molecule has 0 saturated heterocycles. The number of ether oxygens (including phenoxy) is 3. The number of anilines is 1. The van der Waals surface area contributed by atoms with E-state index in [0.29, 0.717) is 28.1 Å². The molecule has 0 saturated carbocycles. The van der Waals surface area contributed by atoms with Crippen LogP contribution in [-0.4, -0.2) is 37.7 Å². The Morgan fingerprint density at radius 1 is 1.04 bits per heavy atom. The molecule has 1 N–H and O–H groups in total. The van der Waals surface area contributed by atoms with Gasteiger partial charge in [-0.1, -0.05) is 17.7 Å². The first-order valence-corrected chi connectivity index (χ1v) is 8.56. The maximum atomic E-state index is 12.2. The number of nitrogens with zero attached hydrogens (tertiary/aromatic N) is 1. The smallest absolute Gasteiger partial charge is 0.356 e. The molecule has 0 atom stereocenters. The van der Waals surface area contributed by atoms with Crippen molar-refractivity contribution in [3.8, 4) is 11.5 Å². The highest BCUT2D eigenvalue weighted by Gasteiger charge is 2.15. The zero-order valence-electron chi connectivity index (χ0n) is 15.8. The average molecular weight is 380 g/mol. The summed E-state index contributed by atoms with van der Waals surface area (Å²) in [7, 11) is 2.82. The zero-order chi connectivity index (χ0) is 20.1. The van der Waals surface area contributed by atoms with Crippen molar-refractivity contribution in [1.82, 2.24) is 4.98 Å². The van der Waals surface area contributed by atoms with Crippen LogP contribution in [0.25, 0.3) is 10.9 Å². The molecule has 3 rings (SSSR count). The van der Waals surface area contributed by atoms with Crippen LogP contribution in [0.4, 0.5) is 5.69 Å². The van der Waals surface area contributed by atoms with E-state index in [2.05, 4.69) is 10.3 Å². The van der Waals surface area contributed by atoms with Crippen molar-refractivity contribution in [2.75, 3.05) is 26.1 Å². The molecule has 7 nitrogen and oxygen atoms in total. The number of nitrogens with one attached hydrogen (secondary N) is 1. The van der Waals surface area contributed by atoms with Crippen molar-refractivity contribution in [2.24, 2.45) is 0 Å². The zero-order valence-corrected chi connectivity index (χ0v) is 15.8. The third kappa shape index (κ3) is 4.37. The molecular weight excluding hydrogens is 360 g/mol. The van der Waals surface area contributed by atoms with E-state index in [9.17, 15) is 9.59 Å². The number of rotatable bonds is 6. The SMILES string of the molecule is COC(=O)c1cc(OCC(=O)Nc2ccc(C)cc2)c2cc(OC)ccc2n1. The van der Waals surface area contributed by atoms with Crippen LogP contribution in [0.15, 0.2) is 48.5 Å². The Hall–Kier alpha value is -3.61. The lowest BCUT2D eigenvalue weighted by molar-refractivity contribution is -0.118. The molecule has 0 spiro atoms. The normalized spacial score (nSPS) is 10.4. The number of hydrogen-bond acceptors (Lipinski definition) is 6. The van der Waals surface area contributed by atoms with Crippen LogP contribution in [-0.2, 0) is 9.53 Å². The third-order valence-corrected chi connectivity index (χ3v) is 4.07. The van der Waals surface area contributed by atoms with Gasteiger partial charge in [0.1, 0.15) is 11.5 Å². The minimum absolute atomic E-state index is 0.0918. The monoisotopic (exact) mass is 380 g/mol. The maximum Gasteiger partial charge on any atom is 0.356 e. The molecule has 144 valence electrons. The summed E-state index contributed by atoms with van der Waals surface area (Å²) in [5.74, 6) is 0.0282. The molecule has 0 aliphatic carbocycles. The topological polar surface area (TPSA) is 86.8 Å². The summed E-state index contributed by atoms with van der Waals surface area (Å²) in [6.07, 6.45) is 0. The molecule has 1 heterocycles. The first-order chi connectivity index (χ1) is 13.5. The van der Waals surface area contributed by atoms with Crippen molar-refractivity contribution in [3.63, 3.8) is 0 Å². The minimum Gasteiger partial charge on any atom is -0.497 e. The van der Waals surface area contributed by atoms with Gasteiger partial charge in [-0.05, 0) is 37.3 Å². The molecule has 0 unspecified atom stereocenters. The van der Waals surface area contributed by atoms with Gasteiger partial charge in [-0.15, -0.1) is 0 Å². The number of esters is 1. The highest BCUT2D eigenvalue weighted by molar-refractivity contribution is 5.95. The van der Waals surface area contributed by atoms with Gasteiger partial charge in [0, 0.05) is 17.1 Å². The van der Waals surface area contributed by atoms with Crippen LogP contribution in [0.1, 0.15) is 16.1 Å². The Morgan fingerprint density at radius 2 is 1.79 bits per heavy atom. The molecule has 2 aromatic carbocycles. The van der Waals surface area contributed by atoms with E-state index < -0.39 is 5.97 Å². The fourth-order valence-electron chi connectivity index (χ4n) is 2.61. The largest absolute Gasteiger partial charge is 0.497 e. The van der Waals surface area contributed by atoms with Gasteiger partial charge in [-0.25, -0.2) is 9.78 Å². The van der Waals surface area contributed by atoms with Gasteiger partial charge >= 0.3 is 5.97 Å². The van der Waals surface area contributed by atoms with E-state index in [-0.39, 0.29) is 18.2 Å². The Kier molecular flexibility index (Phi) is 5.74. The highest BCUT2D eigenvalue weighted by atomic mass is 16.5. The van der Waals surface area contributed by atoms with E-state index in [1.807, 2.05) is 31.2 Å². The van der Waals surface area contributed by atoms with Gasteiger partial charge in [-0.2, -0.15) is 0 Å². The van der Waals surface area contributed by atoms with E-state index in [1.54, 1.807) is 25.3 Å². The average Bonchev–Trinajstić information content (AvgIpc) is 2.72. The lowest BCUT2D eigenvalue weighted by Crippen LogP contribution is -2.20. The number of aromatic nitrogens is 1. The lowest BCUT2D eigenvalue weighted by atomic mass is 10.1. The van der Waals surface area contributed by atoms with Gasteiger partial charge in [0.05, 0.1) is 19.7 Å². The summed E-state index contributed by atoms with van der Waals surface area (Å²) in [5.41, 5.74) is 2.39. The number of methoxy groups -OCH3 is 2. The molecule has 3 aromatic rings. The standard InChI is InChI=1S/C21H20N2O5/c1-13-4-6-14(7-5-13)22-20(24)12-28-19-11-18(21(25)27-3)23-17-9-8-15(26-2)10-16(17)19/h4-11H,12H2,1-3H3,(H,22,24). The van der Waals surface area contributed by atoms with Crippen LogP contribution in [0.3, 0.4) is 0 Å². The highest BCUT2D eigenvalue weighted by Crippen LogP contribution is 2.29. The van der Waals surface area contributed by atoms with Gasteiger partial charge < -0.3 is 19.5 Å². The molecule has 0 aliphatic heterocycles. The van der Waals surface area contributed by atoms with E-state index in [0.717, 1.165) is 5.56 Å². The van der Waals surface area contributed by atoms with Crippen LogP contribution in [0, 0.1) is 6.92 Å². The number of fused-ring (bicyclic) bond motifs is 1. The first kappa shape index (κ1) is 19.2. The van der Waals surface area contributed by atoms with E-state index >= 15 is 0 Å². The van der Waals surface area contributed by atoms with Crippen molar-refractivity contribution < 1.29 is 23.8 Å². The van der Waals surface area contributed by atoms with Crippen LogP contribution in [0.2, 0.25) is 0 Å². The van der Waals surface area contributed by atoms with Crippen LogP contribution in [0.5, 0.6) is 11.5 Å². The molecule has 1 amide bonds. The number of aryl methyl sites for hydroxylation is 1. The summed E-state index contributed by atoms with van der Waals surface area (Å²) in [6.45, 7) is 1.74. The maximum absolute atomic E-state index is 12.2. The van der Waals surface area contributed by atoms with Gasteiger partial charge in [0.25, 0.3) is 5.91 Å². The summed E-state index contributed by atoms with van der Waals surface area (Å²) in [5, 5.41) is 3.38. The Labute approximate surface area is 162 Å². The lowest BCUT2D eigenvalue weighted by Gasteiger charge is -2.12. The molecule has 0 bridgehead atoms. The fraction of sp³-hybridized carbons (Fsp3) is 0.190. The molecule has 1 aromatic heterocycles. The van der Waals surface area contributed by atoms with Gasteiger partial charge in [0.2, 0.25) is 0 Å². The van der Waals surface area contributed by atoms with Gasteiger partial charge in [0.15, 0.2) is 12.3 Å². The quantitative estimate of drug-likeness (QED) is 0.660. The second-order valence-electron chi connectivity index (χ2n) is 6.08. The van der Waals surface area contributed by atoms with Crippen molar-refractivity contribution >= 4 is 28.5 Å². The number of pyridine rings is 1. The predicted octanol–water partition coefficient (Wildman–Crippen LogP) is 3.36. The van der Waals surface area contributed by atoms with Crippen molar-refractivity contribution in [2.45, 2.75) is 6.92 Å². The summed E-state index contributed by atoms with van der Waals surface area (Å²) >= 11 is 0. The minimum atomic E-state index is -0.591. The van der Waals surface area contributed by atoms with E-state index in [1.165, 1.54) is 13.2 Å². The second kappa shape index (κ2) is 8.39. The van der Waals surface area contributed by atoms with Crippen LogP contribution >= 0.6 is 0 Å². The number of carbonyl (C=O) groups excluding carboxylic acids is 2. The molecule has 0 fully saturated rings. The van der Waals surface area contributed by atoms with Crippen LogP contribution < -0.4 is 14.8 Å². The Balaban J connectivity index is 1.84. The summed E-state index contributed by atoms with van der Waals surface area (Å²) in [6, 6.07) is 14.1. The number of carbonyl (C=O) groups is 2. The number of amides is 1. The van der Waals surface area contributed by atoms with Crippen molar-refractivity contribution in [3.05, 3.63) is 59.8 Å². The number of hydrogen-bond donors (Lipinski definition) is 1. The molecule has 0 aliphatic rings. The fourth-order valence-corrected chi connectivity index (χ4v) is 2.61. The molecule has 7 heteroatoms. The van der Waals surface area contributed by atoms with E-state index in [4.69, 9.17) is 14.2 Å². The number of benzene rings is 2. The summed E-state index contributed by atoms with van der Waals surface area (Å²) in [4.78, 5) is 28.4. The Bertz CT molecular complexity index is 1020. The Morgan fingerprint density at radius 3 is 2.46 bits per heavy atom. The molecule has 0 radical (unpaired) electrons. The van der Waals surface area contributed by atoms with Gasteiger partial charge in [-0.3, -0.25) is 4.79 Å². The molecule has 28 heavy (non-hydrogen) atoms. The molecular formula is C21H20N2O5. The van der Waals surface area contributed by atoms with Crippen molar-refractivity contribution in [1.29, 1.82) is 0 Å². The second-order valence-corrected chi connectivity index (χ2v) is 6.08. The first-order valence-electron chi connectivity index (χ1n) is 8.56.